The van der Waals surface area contributed by atoms with Gasteiger partial charge in [0.15, 0.2) is 5.16 Å². The zero-order valence-electron chi connectivity index (χ0n) is 14.0. The molecule has 0 bridgehead atoms. The van der Waals surface area contributed by atoms with Crippen LogP contribution in [0.4, 0.5) is 16.2 Å². The van der Waals surface area contributed by atoms with E-state index in [4.69, 9.17) is 5.73 Å². The third-order valence-electron chi connectivity index (χ3n) is 3.56. The van der Waals surface area contributed by atoms with Crippen LogP contribution < -0.4 is 16.4 Å². The fourth-order valence-electron chi connectivity index (χ4n) is 2.45. The van der Waals surface area contributed by atoms with Gasteiger partial charge >= 0.3 is 6.03 Å². The standard InChI is InChI=1S/C18H17N5O2S/c1-26-18-20-8-9-23(18)15-7-2-4-12(10-15)16(24)21-13-5-3-6-14(11-13)22-17(19)25/h2-11H,1H3,(H,21,24)(H3,19,22,25). The number of nitrogens with one attached hydrogen (secondary N) is 2. The summed E-state index contributed by atoms with van der Waals surface area (Å²) in [4.78, 5) is 27.8. The topological polar surface area (TPSA) is 102 Å². The minimum atomic E-state index is -0.661. The number of hydrogen-bond acceptors (Lipinski definition) is 4. The summed E-state index contributed by atoms with van der Waals surface area (Å²) in [6.07, 6.45) is 5.51. The van der Waals surface area contributed by atoms with Gasteiger partial charge in [0.25, 0.3) is 5.91 Å². The second kappa shape index (κ2) is 7.75. The Bertz CT molecular complexity index is 954. The van der Waals surface area contributed by atoms with E-state index in [1.807, 2.05) is 29.2 Å². The number of primary amides is 1. The number of nitrogens with zero attached hydrogens (tertiary/aromatic N) is 2. The van der Waals surface area contributed by atoms with Gasteiger partial charge in [-0.15, -0.1) is 0 Å². The van der Waals surface area contributed by atoms with E-state index in [9.17, 15) is 9.59 Å². The highest BCUT2D eigenvalue weighted by Gasteiger charge is 2.10. The first-order valence-electron chi connectivity index (χ1n) is 7.72. The number of hydrogen-bond donors (Lipinski definition) is 3. The molecule has 0 unspecified atom stereocenters. The fraction of sp³-hybridized carbons (Fsp3) is 0.0556. The molecule has 1 heterocycles. The van der Waals surface area contributed by atoms with Gasteiger partial charge in [0.05, 0.1) is 0 Å². The summed E-state index contributed by atoms with van der Waals surface area (Å²) in [6.45, 7) is 0. The van der Waals surface area contributed by atoms with Gasteiger partial charge in [0.1, 0.15) is 0 Å². The monoisotopic (exact) mass is 367 g/mol. The molecule has 0 spiro atoms. The number of amides is 3. The van der Waals surface area contributed by atoms with Crippen LogP contribution in [0.2, 0.25) is 0 Å². The van der Waals surface area contributed by atoms with Gasteiger partial charge in [-0.3, -0.25) is 9.36 Å². The van der Waals surface area contributed by atoms with Crippen molar-refractivity contribution in [3.05, 3.63) is 66.5 Å². The molecular weight excluding hydrogens is 350 g/mol. The average molecular weight is 367 g/mol. The second-order valence-electron chi connectivity index (χ2n) is 5.36. The summed E-state index contributed by atoms with van der Waals surface area (Å²) in [6, 6.07) is 13.4. The lowest BCUT2D eigenvalue weighted by molar-refractivity contribution is 0.102. The molecule has 4 N–H and O–H groups in total. The van der Waals surface area contributed by atoms with Crippen LogP contribution in [0.15, 0.2) is 66.1 Å². The van der Waals surface area contributed by atoms with Crippen molar-refractivity contribution < 1.29 is 9.59 Å². The molecule has 0 saturated carbocycles. The lowest BCUT2D eigenvalue weighted by Crippen LogP contribution is -2.19. The number of carbonyl (C=O) groups is 2. The van der Waals surface area contributed by atoms with Crippen LogP contribution in [0, 0.1) is 0 Å². The highest BCUT2D eigenvalue weighted by atomic mass is 32.2. The van der Waals surface area contributed by atoms with E-state index in [-0.39, 0.29) is 5.91 Å². The Labute approximate surface area is 154 Å². The molecular formula is C18H17N5O2S. The Kier molecular flexibility index (Phi) is 5.23. The molecule has 3 aromatic rings. The van der Waals surface area contributed by atoms with Crippen molar-refractivity contribution in [3.8, 4) is 5.69 Å². The summed E-state index contributed by atoms with van der Waals surface area (Å²) in [5.41, 5.74) is 7.53. The lowest BCUT2D eigenvalue weighted by atomic mass is 10.1. The predicted molar refractivity (Wildman–Crippen MR) is 103 cm³/mol. The SMILES string of the molecule is CSc1nccn1-c1cccc(C(=O)Nc2cccc(NC(N)=O)c2)c1. The van der Waals surface area contributed by atoms with Crippen molar-refractivity contribution in [2.24, 2.45) is 5.73 Å². The molecule has 2 aromatic carbocycles. The van der Waals surface area contributed by atoms with E-state index in [2.05, 4.69) is 15.6 Å². The number of rotatable bonds is 5. The molecule has 7 nitrogen and oxygen atoms in total. The molecule has 0 saturated heterocycles. The molecule has 0 atom stereocenters. The second-order valence-corrected chi connectivity index (χ2v) is 6.13. The Morgan fingerprint density at radius 1 is 1.08 bits per heavy atom. The van der Waals surface area contributed by atoms with Crippen LogP contribution >= 0.6 is 11.8 Å². The van der Waals surface area contributed by atoms with E-state index in [0.29, 0.717) is 16.9 Å². The maximum atomic E-state index is 12.6. The lowest BCUT2D eigenvalue weighted by Gasteiger charge is -2.10. The van der Waals surface area contributed by atoms with E-state index >= 15 is 0 Å². The van der Waals surface area contributed by atoms with Crippen LogP contribution in [0.5, 0.6) is 0 Å². The molecule has 0 radical (unpaired) electrons. The number of anilines is 2. The molecule has 1 aromatic heterocycles. The number of aromatic nitrogens is 2. The largest absolute Gasteiger partial charge is 0.351 e. The number of nitrogens with two attached hydrogens (primary N) is 1. The summed E-state index contributed by atoms with van der Waals surface area (Å²) in [5, 5.41) is 6.13. The number of imidazole rings is 1. The number of carbonyl (C=O) groups excluding carboxylic acids is 2. The highest BCUT2D eigenvalue weighted by molar-refractivity contribution is 7.98. The van der Waals surface area contributed by atoms with Crippen molar-refractivity contribution >= 4 is 35.1 Å². The van der Waals surface area contributed by atoms with Gasteiger partial charge in [-0.2, -0.15) is 0 Å². The Hall–Kier alpha value is -3.26. The molecule has 0 fully saturated rings. The van der Waals surface area contributed by atoms with Crippen molar-refractivity contribution in [2.45, 2.75) is 5.16 Å². The highest BCUT2D eigenvalue weighted by Crippen LogP contribution is 2.20. The van der Waals surface area contributed by atoms with Crippen molar-refractivity contribution in [1.82, 2.24) is 9.55 Å². The number of thioether (sulfide) groups is 1. The van der Waals surface area contributed by atoms with Crippen LogP contribution in [-0.4, -0.2) is 27.7 Å². The maximum Gasteiger partial charge on any atom is 0.316 e. The van der Waals surface area contributed by atoms with Crippen molar-refractivity contribution in [2.75, 3.05) is 16.9 Å². The molecule has 132 valence electrons. The molecule has 0 aliphatic heterocycles. The summed E-state index contributed by atoms with van der Waals surface area (Å²) in [7, 11) is 0. The predicted octanol–water partition coefficient (Wildman–Crippen LogP) is 3.34. The summed E-state index contributed by atoms with van der Waals surface area (Å²) >= 11 is 1.53. The normalized spacial score (nSPS) is 10.3. The van der Waals surface area contributed by atoms with Gasteiger partial charge in [0, 0.05) is 35.0 Å². The zero-order chi connectivity index (χ0) is 18.5. The number of urea groups is 1. The molecule has 3 amide bonds. The fourth-order valence-corrected chi connectivity index (χ4v) is 2.98. The van der Waals surface area contributed by atoms with E-state index in [0.717, 1.165) is 10.8 Å². The van der Waals surface area contributed by atoms with Crippen LogP contribution in [0.3, 0.4) is 0 Å². The van der Waals surface area contributed by atoms with E-state index in [1.54, 1.807) is 42.6 Å². The first kappa shape index (κ1) is 17.6. The van der Waals surface area contributed by atoms with Gasteiger partial charge < -0.3 is 16.4 Å². The third-order valence-corrected chi connectivity index (χ3v) is 4.23. The van der Waals surface area contributed by atoms with E-state index < -0.39 is 6.03 Å². The Balaban J connectivity index is 1.81. The van der Waals surface area contributed by atoms with Crippen molar-refractivity contribution in [1.29, 1.82) is 0 Å². The molecule has 26 heavy (non-hydrogen) atoms. The van der Waals surface area contributed by atoms with Crippen molar-refractivity contribution in [3.63, 3.8) is 0 Å². The Morgan fingerprint density at radius 2 is 1.81 bits per heavy atom. The Morgan fingerprint density at radius 3 is 2.54 bits per heavy atom. The van der Waals surface area contributed by atoms with Crippen LogP contribution in [-0.2, 0) is 0 Å². The minimum absolute atomic E-state index is 0.256. The minimum Gasteiger partial charge on any atom is -0.351 e. The first-order valence-corrected chi connectivity index (χ1v) is 8.95. The van der Waals surface area contributed by atoms with E-state index in [1.165, 1.54) is 11.8 Å². The third kappa shape index (κ3) is 4.04. The molecule has 3 rings (SSSR count). The van der Waals surface area contributed by atoms with Gasteiger partial charge in [0.2, 0.25) is 0 Å². The summed E-state index contributed by atoms with van der Waals surface area (Å²) < 4.78 is 1.92. The quantitative estimate of drug-likeness (QED) is 0.602. The maximum absolute atomic E-state index is 12.6. The van der Waals surface area contributed by atoms with Crippen LogP contribution in [0.25, 0.3) is 5.69 Å². The number of benzene rings is 2. The van der Waals surface area contributed by atoms with Gasteiger partial charge in [-0.05, 0) is 42.7 Å². The van der Waals surface area contributed by atoms with Gasteiger partial charge in [-0.1, -0.05) is 23.9 Å². The first-order chi connectivity index (χ1) is 12.6. The molecule has 0 aliphatic rings. The smallest absolute Gasteiger partial charge is 0.316 e. The van der Waals surface area contributed by atoms with Crippen LogP contribution in [0.1, 0.15) is 10.4 Å². The molecule has 0 aliphatic carbocycles. The van der Waals surface area contributed by atoms with Gasteiger partial charge in [-0.25, -0.2) is 9.78 Å². The summed E-state index contributed by atoms with van der Waals surface area (Å²) in [5.74, 6) is -0.256. The molecule has 8 heteroatoms. The zero-order valence-corrected chi connectivity index (χ0v) is 14.8. The average Bonchev–Trinajstić information content (AvgIpc) is 3.10.